The molecule has 1 rings (SSSR count). The minimum Gasteiger partial charge on any atom is -0.468 e. The maximum absolute atomic E-state index is 11.2. The maximum Gasteiger partial charge on any atom is 0.322 e. The van der Waals surface area contributed by atoms with Gasteiger partial charge in [-0.2, -0.15) is 0 Å². The number of methoxy groups -OCH3 is 2. The monoisotopic (exact) mass is 229 g/mol. The lowest BCUT2D eigenvalue weighted by molar-refractivity contribution is -0.142. The van der Waals surface area contributed by atoms with E-state index in [-0.39, 0.29) is 12.0 Å². The number of rotatable bonds is 7. The molecule has 1 saturated carbocycles. The van der Waals surface area contributed by atoms with Crippen molar-refractivity contribution in [1.29, 1.82) is 0 Å². The van der Waals surface area contributed by atoms with Gasteiger partial charge in [0.05, 0.1) is 7.11 Å². The molecular weight excluding hydrogens is 206 g/mol. The average molecular weight is 229 g/mol. The van der Waals surface area contributed by atoms with Crippen LogP contribution in [0.2, 0.25) is 0 Å². The SMILES string of the molecule is COCCC1(CNC(C)C(=O)OC)CCC1. The van der Waals surface area contributed by atoms with Gasteiger partial charge < -0.3 is 14.8 Å². The van der Waals surface area contributed by atoms with E-state index < -0.39 is 0 Å². The first kappa shape index (κ1) is 13.5. The molecule has 0 aromatic heterocycles. The summed E-state index contributed by atoms with van der Waals surface area (Å²) in [7, 11) is 3.15. The van der Waals surface area contributed by atoms with Crippen molar-refractivity contribution in [2.24, 2.45) is 5.41 Å². The molecule has 1 aliphatic carbocycles. The molecule has 4 nitrogen and oxygen atoms in total. The molecule has 0 spiro atoms. The quantitative estimate of drug-likeness (QED) is 0.669. The van der Waals surface area contributed by atoms with E-state index in [1.165, 1.54) is 26.4 Å². The summed E-state index contributed by atoms with van der Waals surface area (Å²) in [6.45, 7) is 3.52. The van der Waals surface area contributed by atoms with Crippen molar-refractivity contribution < 1.29 is 14.3 Å². The minimum atomic E-state index is -0.218. The van der Waals surface area contributed by atoms with Gasteiger partial charge in [0.2, 0.25) is 0 Å². The van der Waals surface area contributed by atoms with Gasteiger partial charge in [0.25, 0.3) is 0 Å². The second-order valence-electron chi connectivity index (χ2n) is 4.72. The Balaban J connectivity index is 2.30. The predicted octanol–water partition coefficient (Wildman–Crippen LogP) is 1.34. The Labute approximate surface area is 97.7 Å². The topological polar surface area (TPSA) is 47.6 Å². The summed E-state index contributed by atoms with van der Waals surface area (Å²) >= 11 is 0. The van der Waals surface area contributed by atoms with Crippen LogP contribution in [-0.2, 0) is 14.3 Å². The van der Waals surface area contributed by atoms with Crippen molar-refractivity contribution in [3.63, 3.8) is 0 Å². The Kier molecular flexibility index (Phi) is 5.22. The Morgan fingerprint density at radius 1 is 1.44 bits per heavy atom. The van der Waals surface area contributed by atoms with Crippen LogP contribution in [0.25, 0.3) is 0 Å². The van der Waals surface area contributed by atoms with Crippen LogP contribution in [0.15, 0.2) is 0 Å². The smallest absolute Gasteiger partial charge is 0.322 e. The number of esters is 1. The molecule has 1 unspecified atom stereocenters. The van der Waals surface area contributed by atoms with E-state index in [2.05, 4.69) is 10.1 Å². The normalized spacial score (nSPS) is 19.9. The van der Waals surface area contributed by atoms with E-state index in [9.17, 15) is 4.79 Å². The molecule has 16 heavy (non-hydrogen) atoms. The van der Waals surface area contributed by atoms with Gasteiger partial charge >= 0.3 is 5.97 Å². The third kappa shape index (κ3) is 3.46. The molecule has 0 aliphatic heterocycles. The highest BCUT2D eigenvalue weighted by Crippen LogP contribution is 2.43. The summed E-state index contributed by atoms with van der Waals surface area (Å²) in [4.78, 5) is 11.2. The number of nitrogens with one attached hydrogen (secondary N) is 1. The third-order valence-corrected chi connectivity index (χ3v) is 3.59. The fraction of sp³-hybridized carbons (Fsp3) is 0.917. The van der Waals surface area contributed by atoms with Crippen LogP contribution in [0, 0.1) is 5.41 Å². The minimum absolute atomic E-state index is 0.193. The van der Waals surface area contributed by atoms with E-state index in [1.54, 1.807) is 7.11 Å². The fourth-order valence-electron chi connectivity index (χ4n) is 2.14. The van der Waals surface area contributed by atoms with Crippen molar-refractivity contribution in [2.75, 3.05) is 27.4 Å². The van der Waals surface area contributed by atoms with Gasteiger partial charge in [-0.25, -0.2) is 0 Å². The lowest BCUT2D eigenvalue weighted by Crippen LogP contribution is -2.46. The van der Waals surface area contributed by atoms with E-state index in [0.29, 0.717) is 5.41 Å². The Bertz CT molecular complexity index is 226. The standard InChI is InChI=1S/C12H23NO3/c1-10(11(14)16-3)13-9-12(5-4-6-12)7-8-15-2/h10,13H,4-9H2,1-3H3. The average Bonchev–Trinajstić information content (AvgIpc) is 2.25. The summed E-state index contributed by atoms with van der Waals surface area (Å²) in [5.74, 6) is -0.193. The molecule has 0 aromatic carbocycles. The van der Waals surface area contributed by atoms with Crippen molar-refractivity contribution in [3.05, 3.63) is 0 Å². The molecule has 94 valence electrons. The Morgan fingerprint density at radius 2 is 2.12 bits per heavy atom. The van der Waals surface area contributed by atoms with Gasteiger partial charge in [-0.3, -0.25) is 4.79 Å². The van der Waals surface area contributed by atoms with E-state index in [1.807, 2.05) is 6.92 Å². The van der Waals surface area contributed by atoms with Gasteiger partial charge in [0, 0.05) is 20.3 Å². The summed E-state index contributed by atoms with van der Waals surface area (Å²) in [5.41, 5.74) is 0.346. The number of carbonyl (C=O) groups excluding carboxylic acids is 1. The molecule has 0 aromatic rings. The molecule has 4 heteroatoms. The van der Waals surface area contributed by atoms with Crippen molar-refractivity contribution >= 4 is 5.97 Å². The molecule has 1 aliphatic rings. The molecule has 0 bridgehead atoms. The van der Waals surface area contributed by atoms with Crippen molar-refractivity contribution in [2.45, 2.75) is 38.6 Å². The second kappa shape index (κ2) is 6.21. The Hall–Kier alpha value is -0.610. The number of carbonyl (C=O) groups is 1. The van der Waals surface area contributed by atoms with Crippen molar-refractivity contribution in [1.82, 2.24) is 5.32 Å². The van der Waals surface area contributed by atoms with Crippen LogP contribution in [0.4, 0.5) is 0 Å². The largest absolute Gasteiger partial charge is 0.468 e. The summed E-state index contributed by atoms with van der Waals surface area (Å²) in [6, 6.07) is -0.218. The second-order valence-corrected chi connectivity index (χ2v) is 4.72. The first-order chi connectivity index (χ1) is 7.63. The zero-order chi connectivity index (χ0) is 12.0. The summed E-state index contributed by atoms with van der Waals surface area (Å²) in [6.07, 6.45) is 4.83. The van der Waals surface area contributed by atoms with Crippen LogP contribution >= 0.6 is 0 Å². The number of ether oxygens (including phenoxy) is 2. The molecule has 0 saturated heterocycles. The molecule has 0 radical (unpaired) electrons. The van der Waals surface area contributed by atoms with Gasteiger partial charge in [0.1, 0.15) is 6.04 Å². The lowest BCUT2D eigenvalue weighted by Gasteiger charge is -2.42. The highest BCUT2D eigenvalue weighted by molar-refractivity contribution is 5.75. The zero-order valence-electron chi connectivity index (χ0n) is 10.5. The lowest BCUT2D eigenvalue weighted by atomic mass is 9.66. The number of hydrogen-bond acceptors (Lipinski definition) is 4. The molecule has 1 atom stereocenters. The fourth-order valence-corrected chi connectivity index (χ4v) is 2.14. The molecule has 1 fully saturated rings. The van der Waals surface area contributed by atoms with E-state index in [0.717, 1.165) is 19.6 Å². The highest BCUT2D eigenvalue weighted by atomic mass is 16.5. The summed E-state index contributed by atoms with van der Waals surface area (Å²) in [5, 5.41) is 3.25. The maximum atomic E-state index is 11.2. The first-order valence-corrected chi connectivity index (χ1v) is 5.94. The van der Waals surface area contributed by atoms with E-state index in [4.69, 9.17) is 4.74 Å². The van der Waals surface area contributed by atoms with Crippen LogP contribution in [0.3, 0.4) is 0 Å². The van der Waals surface area contributed by atoms with Gasteiger partial charge in [0.15, 0.2) is 0 Å². The summed E-state index contributed by atoms with van der Waals surface area (Å²) < 4.78 is 9.81. The van der Waals surface area contributed by atoms with E-state index >= 15 is 0 Å². The van der Waals surface area contributed by atoms with Crippen LogP contribution in [0.1, 0.15) is 32.6 Å². The number of hydrogen-bond donors (Lipinski definition) is 1. The third-order valence-electron chi connectivity index (χ3n) is 3.59. The molecular formula is C12H23NO3. The van der Waals surface area contributed by atoms with Gasteiger partial charge in [-0.1, -0.05) is 6.42 Å². The highest BCUT2D eigenvalue weighted by Gasteiger charge is 2.36. The van der Waals surface area contributed by atoms with Crippen LogP contribution in [0.5, 0.6) is 0 Å². The van der Waals surface area contributed by atoms with Gasteiger partial charge in [-0.05, 0) is 31.6 Å². The zero-order valence-corrected chi connectivity index (χ0v) is 10.5. The predicted molar refractivity (Wildman–Crippen MR) is 62.3 cm³/mol. The van der Waals surface area contributed by atoms with Crippen molar-refractivity contribution in [3.8, 4) is 0 Å². The molecule has 0 amide bonds. The Morgan fingerprint density at radius 3 is 2.56 bits per heavy atom. The van der Waals surface area contributed by atoms with Gasteiger partial charge in [-0.15, -0.1) is 0 Å². The molecule has 0 heterocycles. The first-order valence-electron chi connectivity index (χ1n) is 5.94. The molecule has 1 N–H and O–H groups in total. The van der Waals surface area contributed by atoms with Crippen LogP contribution < -0.4 is 5.32 Å². The van der Waals surface area contributed by atoms with Crippen LogP contribution in [-0.4, -0.2) is 39.4 Å².